The predicted molar refractivity (Wildman–Crippen MR) is 85.6 cm³/mol. The Morgan fingerprint density at radius 2 is 2.05 bits per heavy atom. The van der Waals surface area contributed by atoms with Crippen molar-refractivity contribution in [2.24, 2.45) is 5.92 Å². The van der Waals surface area contributed by atoms with Gasteiger partial charge in [0.15, 0.2) is 0 Å². The third-order valence-corrected chi connectivity index (χ3v) is 5.49. The Labute approximate surface area is 122 Å². The zero-order valence-corrected chi connectivity index (χ0v) is 12.8. The van der Waals surface area contributed by atoms with Gasteiger partial charge in [-0.2, -0.15) is 0 Å². The largest absolute Gasteiger partial charge is 0.383 e. The fraction of sp³-hybridized carbons (Fsp3) is 0.625. The van der Waals surface area contributed by atoms with Crippen LogP contribution in [0.5, 0.6) is 0 Å². The summed E-state index contributed by atoms with van der Waals surface area (Å²) in [5.41, 5.74) is 9.69. The minimum absolute atomic E-state index is 0.119. The summed E-state index contributed by atoms with van der Waals surface area (Å²) in [7, 11) is 2.37. The highest BCUT2D eigenvalue weighted by Crippen LogP contribution is 2.54. The number of anilines is 1. The lowest BCUT2D eigenvalue weighted by Crippen LogP contribution is -2.37. The molecule has 1 aromatic heterocycles. The van der Waals surface area contributed by atoms with Crippen LogP contribution in [-0.4, -0.2) is 17.8 Å². The first-order valence-electron chi connectivity index (χ1n) is 7.73. The number of hydrogen-bond donors (Lipinski definition) is 1. The van der Waals surface area contributed by atoms with Gasteiger partial charge in [0.1, 0.15) is 20.0 Å². The van der Waals surface area contributed by atoms with Crippen molar-refractivity contribution in [1.29, 1.82) is 0 Å². The summed E-state index contributed by atoms with van der Waals surface area (Å²) in [6.07, 6.45) is 6.66. The van der Waals surface area contributed by atoms with Crippen LogP contribution in [0.4, 0.5) is 5.82 Å². The Kier molecular flexibility index (Phi) is 3.15. The molecule has 1 aromatic rings. The van der Waals surface area contributed by atoms with Gasteiger partial charge in [0.05, 0.1) is 5.69 Å². The topological polar surface area (TPSA) is 51.8 Å². The molecule has 0 spiro atoms. The summed E-state index contributed by atoms with van der Waals surface area (Å²) in [6.45, 7) is 8.90. The molecule has 0 amide bonds. The summed E-state index contributed by atoms with van der Waals surface area (Å²) in [4.78, 5) is 8.85. The lowest BCUT2D eigenvalue weighted by atomic mass is 9.60. The van der Waals surface area contributed by atoms with Gasteiger partial charge in [-0.25, -0.2) is 9.97 Å². The van der Waals surface area contributed by atoms with Crippen LogP contribution in [0.3, 0.4) is 0 Å². The molecule has 4 heteroatoms. The van der Waals surface area contributed by atoms with Crippen LogP contribution in [0, 0.1) is 5.92 Å². The molecule has 0 bridgehead atoms. The molecule has 0 radical (unpaired) electrons. The summed E-state index contributed by atoms with van der Waals surface area (Å²) in [5.74, 6) is 2.44. The Hall–Kier alpha value is -1.32. The van der Waals surface area contributed by atoms with Crippen molar-refractivity contribution in [3.63, 3.8) is 0 Å². The molecule has 1 saturated carbocycles. The normalized spacial score (nSPS) is 32.1. The van der Waals surface area contributed by atoms with Crippen LogP contribution < -0.4 is 5.73 Å². The van der Waals surface area contributed by atoms with E-state index in [1.165, 1.54) is 37.0 Å². The lowest BCUT2D eigenvalue weighted by Gasteiger charge is -2.44. The van der Waals surface area contributed by atoms with Crippen molar-refractivity contribution in [3.8, 4) is 0 Å². The number of aromatic nitrogens is 2. The van der Waals surface area contributed by atoms with Crippen LogP contribution in [0.25, 0.3) is 0 Å². The zero-order chi connectivity index (χ0) is 14.5. The quantitative estimate of drug-likeness (QED) is 0.581. The van der Waals surface area contributed by atoms with E-state index in [0.717, 1.165) is 11.4 Å². The number of nitrogen functional groups attached to an aromatic ring is 1. The van der Waals surface area contributed by atoms with E-state index >= 15 is 0 Å². The average Bonchev–Trinajstić information content (AvgIpc) is 2.58. The van der Waals surface area contributed by atoms with E-state index in [1.807, 2.05) is 0 Å². The molecule has 0 saturated heterocycles. The van der Waals surface area contributed by atoms with Gasteiger partial charge in [-0.1, -0.05) is 51.1 Å². The SMILES string of the molecule is BC1CCCC2c3ncnc(N)c3C(C)(C)C(=C)C2C1. The van der Waals surface area contributed by atoms with E-state index in [9.17, 15) is 0 Å². The summed E-state index contributed by atoms with van der Waals surface area (Å²) in [6, 6.07) is 0. The highest BCUT2D eigenvalue weighted by molar-refractivity contribution is 6.11. The van der Waals surface area contributed by atoms with Gasteiger partial charge >= 0.3 is 0 Å². The van der Waals surface area contributed by atoms with Crippen LogP contribution in [0.1, 0.15) is 56.7 Å². The smallest absolute Gasteiger partial charge is 0.131 e. The first-order valence-corrected chi connectivity index (χ1v) is 7.73. The molecule has 20 heavy (non-hydrogen) atoms. The van der Waals surface area contributed by atoms with Crippen molar-refractivity contribution in [1.82, 2.24) is 9.97 Å². The maximum Gasteiger partial charge on any atom is 0.131 e. The van der Waals surface area contributed by atoms with Crippen molar-refractivity contribution in [2.75, 3.05) is 5.73 Å². The number of fused-ring (bicyclic) bond motifs is 3. The Morgan fingerprint density at radius 1 is 1.30 bits per heavy atom. The number of nitrogens with zero attached hydrogens (tertiary/aromatic N) is 2. The molecule has 106 valence electrons. The Morgan fingerprint density at radius 3 is 2.80 bits per heavy atom. The van der Waals surface area contributed by atoms with Crippen molar-refractivity contribution in [2.45, 2.75) is 56.7 Å². The Balaban J connectivity index is 2.18. The second-order valence-electron chi connectivity index (χ2n) is 7.15. The molecule has 3 nitrogen and oxygen atoms in total. The standard InChI is InChI=1S/C16H24BN3/c1-9-12-7-10(17)5-4-6-11(12)14-13(16(9,2)3)15(18)20-8-19-14/h8,10-12H,1,4-7,17H2,2-3H3,(H2,18,19,20). The first kappa shape index (κ1) is 13.7. The van der Waals surface area contributed by atoms with E-state index < -0.39 is 0 Å². The molecular weight excluding hydrogens is 245 g/mol. The fourth-order valence-corrected chi connectivity index (χ4v) is 4.27. The summed E-state index contributed by atoms with van der Waals surface area (Å²) in [5, 5.41) is 0. The maximum absolute atomic E-state index is 6.18. The minimum Gasteiger partial charge on any atom is -0.383 e. The molecule has 1 heterocycles. The monoisotopic (exact) mass is 269 g/mol. The second kappa shape index (κ2) is 4.61. The van der Waals surface area contributed by atoms with E-state index in [1.54, 1.807) is 6.33 Å². The van der Waals surface area contributed by atoms with Crippen molar-refractivity contribution >= 4 is 13.7 Å². The van der Waals surface area contributed by atoms with E-state index in [0.29, 0.717) is 17.7 Å². The minimum atomic E-state index is -0.119. The molecule has 3 rings (SSSR count). The van der Waals surface area contributed by atoms with Crippen molar-refractivity contribution in [3.05, 3.63) is 29.7 Å². The second-order valence-corrected chi connectivity index (χ2v) is 7.15. The molecule has 3 atom stereocenters. The summed E-state index contributed by atoms with van der Waals surface area (Å²) < 4.78 is 0. The van der Waals surface area contributed by atoms with E-state index in [2.05, 4.69) is 38.2 Å². The number of nitrogens with two attached hydrogens (primary N) is 1. The molecule has 2 N–H and O–H groups in total. The highest BCUT2D eigenvalue weighted by Gasteiger charge is 2.45. The number of allylic oxidation sites excluding steroid dienone is 1. The van der Waals surface area contributed by atoms with Crippen LogP contribution in [0.2, 0.25) is 5.82 Å². The van der Waals surface area contributed by atoms with Gasteiger partial charge in [-0.05, 0) is 12.3 Å². The molecule has 1 fully saturated rings. The van der Waals surface area contributed by atoms with Gasteiger partial charge in [0.2, 0.25) is 0 Å². The molecule has 2 aliphatic carbocycles. The van der Waals surface area contributed by atoms with Gasteiger partial charge in [0, 0.05) is 16.9 Å². The van der Waals surface area contributed by atoms with Crippen LogP contribution in [-0.2, 0) is 5.41 Å². The fourth-order valence-electron chi connectivity index (χ4n) is 4.27. The van der Waals surface area contributed by atoms with Crippen molar-refractivity contribution < 1.29 is 0 Å². The van der Waals surface area contributed by atoms with Gasteiger partial charge < -0.3 is 5.73 Å². The molecule has 2 aliphatic rings. The molecular formula is C16H24BN3. The van der Waals surface area contributed by atoms with Gasteiger partial charge in [-0.3, -0.25) is 0 Å². The maximum atomic E-state index is 6.18. The molecule has 0 aromatic carbocycles. The summed E-state index contributed by atoms with van der Waals surface area (Å²) >= 11 is 0. The van der Waals surface area contributed by atoms with E-state index in [-0.39, 0.29) is 5.41 Å². The zero-order valence-electron chi connectivity index (χ0n) is 12.8. The number of hydrogen-bond acceptors (Lipinski definition) is 3. The third-order valence-electron chi connectivity index (χ3n) is 5.49. The molecule has 0 aliphatic heterocycles. The van der Waals surface area contributed by atoms with Crippen LogP contribution >= 0.6 is 0 Å². The average molecular weight is 269 g/mol. The number of rotatable bonds is 0. The third kappa shape index (κ3) is 1.88. The highest BCUT2D eigenvalue weighted by atomic mass is 14.9. The molecule has 3 unspecified atom stereocenters. The Bertz CT molecular complexity index is 553. The first-order chi connectivity index (χ1) is 9.43. The van der Waals surface area contributed by atoms with Crippen LogP contribution in [0.15, 0.2) is 18.5 Å². The van der Waals surface area contributed by atoms with Gasteiger partial charge in [0.25, 0.3) is 0 Å². The predicted octanol–water partition coefficient (Wildman–Crippen LogP) is 2.60. The lowest BCUT2D eigenvalue weighted by molar-refractivity contribution is 0.361. The van der Waals surface area contributed by atoms with E-state index in [4.69, 9.17) is 5.73 Å². The van der Waals surface area contributed by atoms with Gasteiger partial charge in [-0.15, -0.1) is 0 Å².